The molecular formula is C15H17N5O. The van der Waals surface area contributed by atoms with Gasteiger partial charge in [0.2, 0.25) is 5.91 Å². The molecule has 3 aromatic rings. The molecule has 0 aliphatic rings. The van der Waals surface area contributed by atoms with E-state index in [1.807, 2.05) is 28.8 Å². The van der Waals surface area contributed by atoms with Crippen molar-refractivity contribution in [2.45, 2.75) is 19.4 Å². The molecule has 6 nitrogen and oxygen atoms in total. The molecule has 1 amide bonds. The first-order chi connectivity index (χ1) is 10.3. The summed E-state index contributed by atoms with van der Waals surface area (Å²) < 4.78 is 1.86. The topological polar surface area (TPSA) is 75.6 Å². The molecule has 6 heteroatoms. The Balaban J connectivity index is 1.48. The molecule has 0 saturated carbocycles. The van der Waals surface area contributed by atoms with E-state index in [0.717, 1.165) is 29.7 Å². The van der Waals surface area contributed by atoms with Crippen molar-refractivity contribution < 1.29 is 4.79 Å². The Bertz CT molecular complexity index is 717. The van der Waals surface area contributed by atoms with Crippen molar-refractivity contribution in [1.82, 2.24) is 24.8 Å². The predicted molar refractivity (Wildman–Crippen MR) is 79.7 cm³/mol. The molecule has 3 rings (SSSR count). The summed E-state index contributed by atoms with van der Waals surface area (Å²) in [7, 11) is 0. The van der Waals surface area contributed by atoms with Gasteiger partial charge in [-0.2, -0.15) is 0 Å². The van der Waals surface area contributed by atoms with Crippen LogP contribution in [0.4, 0.5) is 0 Å². The molecule has 0 spiro atoms. The van der Waals surface area contributed by atoms with Gasteiger partial charge in [0.25, 0.3) is 0 Å². The van der Waals surface area contributed by atoms with Crippen LogP contribution in [0, 0.1) is 0 Å². The number of para-hydroxylation sites is 2. The fourth-order valence-corrected chi connectivity index (χ4v) is 2.27. The normalized spacial score (nSPS) is 10.9. The number of hydrogen-bond acceptors (Lipinski definition) is 3. The van der Waals surface area contributed by atoms with Gasteiger partial charge in [-0.1, -0.05) is 12.1 Å². The van der Waals surface area contributed by atoms with Gasteiger partial charge < -0.3 is 14.9 Å². The largest absolute Gasteiger partial charge is 0.355 e. The second-order valence-corrected chi connectivity index (χ2v) is 4.85. The molecule has 108 valence electrons. The lowest BCUT2D eigenvalue weighted by Crippen LogP contribution is -2.28. The Morgan fingerprint density at radius 2 is 2.19 bits per heavy atom. The number of H-pyrrole nitrogens is 1. The van der Waals surface area contributed by atoms with Crippen molar-refractivity contribution in [3.8, 4) is 0 Å². The number of aromatic amines is 1. The van der Waals surface area contributed by atoms with E-state index in [1.54, 1.807) is 18.7 Å². The first-order valence-corrected chi connectivity index (χ1v) is 6.98. The quantitative estimate of drug-likeness (QED) is 0.673. The molecular weight excluding hydrogens is 266 g/mol. The van der Waals surface area contributed by atoms with Gasteiger partial charge in [-0.05, 0) is 18.6 Å². The number of imidazole rings is 2. The van der Waals surface area contributed by atoms with Crippen LogP contribution in [0.25, 0.3) is 11.0 Å². The average molecular weight is 283 g/mol. The smallest absolute Gasteiger partial charge is 0.239 e. The van der Waals surface area contributed by atoms with Crippen LogP contribution in [0.3, 0.4) is 0 Å². The van der Waals surface area contributed by atoms with E-state index < -0.39 is 0 Å². The molecule has 0 bridgehead atoms. The molecule has 0 aliphatic carbocycles. The van der Waals surface area contributed by atoms with Crippen LogP contribution in [0.5, 0.6) is 0 Å². The minimum atomic E-state index is -0.00222. The molecule has 2 N–H and O–H groups in total. The SMILES string of the molecule is O=C(Cn1cnc2ccccc21)NCCCc1ncc[nH]1. The van der Waals surface area contributed by atoms with Crippen molar-refractivity contribution in [3.63, 3.8) is 0 Å². The molecule has 0 radical (unpaired) electrons. The number of amides is 1. The molecule has 0 fully saturated rings. The van der Waals surface area contributed by atoms with Crippen molar-refractivity contribution in [2.24, 2.45) is 0 Å². The van der Waals surface area contributed by atoms with Gasteiger partial charge in [-0.3, -0.25) is 4.79 Å². The van der Waals surface area contributed by atoms with Gasteiger partial charge >= 0.3 is 0 Å². The number of benzene rings is 1. The molecule has 0 atom stereocenters. The minimum absolute atomic E-state index is 0.00222. The lowest BCUT2D eigenvalue weighted by molar-refractivity contribution is -0.121. The number of aryl methyl sites for hydroxylation is 1. The standard InChI is InChI=1S/C15H17N5O/c21-15(18-7-3-6-14-16-8-9-17-14)10-20-11-19-12-4-1-2-5-13(12)20/h1-2,4-5,8-9,11H,3,6-7,10H2,(H,16,17)(H,18,21). The maximum absolute atomic E-state index is 11.9. The van der Waals surface area contributed by atoms with E-state index in [1.165, 1.54) is 0 Å². The highest BCUT2D eigenvalue weighted by Gasteiger charge is 2.06. The van der Waals surface area contributed by atoms with Crippen LogP contribution in [0.15, 0.2) is 43.0 Å². The monoisotopic (exact) mass is 283 g/mol. The van der Waals surface area contributed by atoms with Crippen LogP contribution in [-0.2, 0) is 17.8 Å². The van der Waals surface area contributed by atoms with E-state index >= 15 is 0 Å². The number of nitrogens with one attached hydrogen (secondary N) is 2. The number of carbonyl (C=O) groups excluding carboxylic acids is 1. The first-order valence-electron chi connectivity index (χ1n) is 6.98. The Kier molecular flexibility index (Phi) is 3.95. The molecule has 2 aromatic heterocycles. The maximum Gasteiger partial charge on any atom is 0.239 e. The summed E-state index contributed by atoms with van der Waals surface area (Å²) in [5.74, 6) is 0.947. The summed E-state index contributed by atoms with van der Waals surface area (Å²) in [6, 6.07) is 7.79. The van der Waals surface area contributed by atoms with Crippen molar-refractivity contribution >= 4 is 16.9 Å². The van der Waals surface area contributed by atoms with Gasteiger partial charge in [0.05, 0.1) is 17.4 Å². The molecule has 2 heterocycles. The predicted octanol–water partition coefficient (Wildman–Crippen LogP) is 1.51. The zero-order valence-corrected chi connectivity index (χ0v) is 11.6. The summed E-state index contributed by atoms with van der Waals surface area (Å²) in [4.78, 5) is 23.4. The fourth-order valence-electron chi connectivity index (χ4n) is 2.27. The Morgan fingerprint density at radius 1 is 1.29 bits per heavy atom. The Hall–Kier alpha value is -2.63. The van der Waals surface area contributed by atoms with E-state index in [-0.39, 0.29) is 5.91 Å². The third-order valence-corrected chi connectivity index (χ3v) is 3.31. The number of carbonyl (C=O) groups is 1. The highest BCUT2D eigenvalue weighted by Crippen LogP contribution is 2.11. The summed E-state index contributed by atoms with van der Waals surface area (Å²) in [6.07, 6.45) is 6.94. The number of aromatic nitrogens is 4. The summed E-state index contributed by atoms with van der Waals surface area (Å²) in [5, 5.41) is 2.92. The van der Waals surface area contributed by atoms with Crippen LogP contribution >= 0.6 is 0 Å². The van der Waals surface area contributed by atoms with Gasteiger partial charge in [-0.25, -0.2) is 9.97 Å². The second kappa shape index (κ2) is 6.21. The number of fused-ring (bicyclic) bond motifs is 1. The zero-order valence-electron chi connectivity index (χ0n) is 11.6. The lowest BCUT2D eigenvalue weighted by atomic mass is 10.3. The number of nitrogens with zero attached hydrogens (tertiary/aromatic N) is 3. The lowest BCUT2D eigenvalue weighted by Gasteiger charge is -2.06. The molecule has 0 unspecified atom stereocenters. The molecule has 0 aliphatic heterocycles. The summed E-state index contributed by atoms with van der Waals surface area (Å²) in [5.41, 5.74) is 1.88. The van der Waals surface area contributed by atoms with Crippen LogP contribution in [0.2, 0.25) is 0 Å². The average Bonchev–Trinajstić information content (AvgIpc) is 3.14. The van der Waals surface area contributed by atoms with Gasteiger partial charge in [0, 0.05) is 25.4 Å². The van der Waals surface area contributed by atoms with Gasteiger partial charge in [-0.15, -0.1) is 0 Å². The number of rotatable bonds is 6. The molecule has 21 heavy (non-hydrogen) atoms. The van der Waals surface area contributed by atoms with Crippen molar-refractivity contribution in [1.29, 1.82) is 0 Å². The van der Waals surface area contributed by atoms with E-state index in [2.05, 4.69) is 20.3 Å². The van der Waals surface area contributed by atoms with E-state index in [0.29, 0.717) is 13.1 Å². The first kappa shape index (κ1) is 13.4. The summed E-state index contributed by atoms with van der Waals surface area (Å²) >= 11 is 0. The van der Waals surface area contributed by atoms with E-state index in [4.69, 9.17) is 0 Å². The van der Waals surface area contributed by atoms with Gasteiger partial charge in [0.1, 0.15) is 12.4 Å². The highest BCUT2D eigenvalue weighted by atomic mass is 16.1. The summed E-state index contributed by atoms with van der Waals surface area (Å²) in [6.45, 7) is 0.938. The maximum atomic E-state index is 11.9. The third-order valence-electron chi connectivity index (χ3n) is 3.31. The van der Waals surface area contributed by atoms with Crippen LogP contribution in [0.1, 0.15) is 12.2 Å². The van der Waals surface area contributed by atoms with Crippen LogP contribution < -0.4 is 5.32 Å². The minimum Gasteiger partial charge on any atom is -0.355 e. The third kappa shape index (κ3) is 3.28. The highest BCUT2D eigenvalue weighted by molar-refractivity contribution is 5.80. The van der Waals surface area contributed by atoms with Crippen molar-refractivity contribution in [2.75, 3.05) is 6.54 Å². The van der Waals surface area contributed by atoms with Crippen LogP contribution in [-0.4, -0.2) is 32.0 Å². The fraction of sp³-hybridized carbons (Fsp3) is 0.267. The Morgan fingerprint density at radius 3 is 3.05 bits per heavy atom. The van der Waals surface area contributed by atoms with Crippen molar-refractivity contribution in [3.05, 3.63) is 48.8 Å². The van der Waals surface area contributed by atoms with Gasteiger partial charge in [0.15, 0.2) is 0 Å². The second-order valence-electron chi connectivity index (χ2n) is 4.85. The zero-order chi connectivity index (χ0) is 14.5. The Labute approximate surface area is 122 Å². The number of hydrogen-bond donors (Lipinski definition) is 2. The molecule has 0 saturated heterocycles. The molecule has 1 aromatic carbocycles. The van der Waals surface area contributed by atoms with E-state index in [9.17, 15) is 4.79 Å².